The Balaban J connectivity index is 2.57. The van der Waals surface area contributed by atoms with Crippen LogP contribution in [0.15, 0.2) is 11.6 Å². The number of nitrogens with zero attached hydrogens (tertiary/aromatic N) is 1. The van der Waals surface area contributed by atoms with E-state index in [1.54, 1.807) is 0 Å². The molecule has 0 bridgehead atoms. The van der Waals surface area contributed by atoms with Gasteiger partial charge in [0.1, 0.15) is 5.60 Å². The summed E-state index contributed by atoms with van der Waals surface area (Å²) in [5.41, 5.74) is 0.266. The van der Waals surface area contributed by atoms with Gasteiger partial charge in [-0.15, -0.1) is 0 Å². The molecule has 1 aliphatic rings. The fraction of sp³-hybridized carbons (Fsp3) is 0.667. The van der Waals surface area contributed by atoms with E-state index in [2.05, 4.69) is 6.07 Å². The second-order valence-electron chi connectivity index (χ2n) is 4.85. The summed E-state index contributed by atoms with van der Waals surface area (Å²) in [6.07, 6.45) is 4.03. The van der Waals surface area contributed by atoms with Crippen molar-refractivity contribution in [2.45, 2.75) is 45.6 Å². The fourth-order valence-electron chi connectivity index (χ4n) is 1.59. The maximum atomic E-state index is 11.7. The molecular formula is C12H17NO2. The number of nitriles is 1. The molecule has 0 amide bonds. The van der Waals surface area contributed by atoms with Gasteiger partial charge in [-0.05, 0) is 40.0 Å². The molecule has 1 aliphatic carbocycles. The largest absolute Gasteiger partial charge is 0.460 e. The fourth-order valence-corrected chi connectivity index (χ4v) is 1.59. The number of hydrogen-bond donors (Lipinski definition) is 0. The van der Waals surface area contributed by atoms with E-state index >= 15 is 0 Å². The van der Waals surface area contributed by atoms with Crippen LogP contribution in [0, 0.1) is 17.2 Å². The van der Waals surface area contributed by atoms with Crippen LogP contribution in [-0.2, 0) is 9.53 Å². The smallest absolute Gasteiger partial charge is 0.309 e. The van der Waals surface area contributed by atoms with Gasteiger partial charge in [-0.1, -0.05) is 6.08 Å². The first kappa shape index (κ1) is 11.8. The van der Waals surface area contributed by atoms with Gasteiger partial charge in [0.15, 0.2) is 0 Å². The Morgan fingerprint density at radius 2 is 2.27 bits per heavy atom. The van der Waals surface area contributed by atoms with Crippen LogP contribution in [0.4, 0.5) is 0 Å². The summed E-state index contributed by atoms with van der Waals surface area (Å²) in [5.74, 6) is -0.313. The van der Waals surface area contributed by atoms with E-state index in [9.17, 15) is 4.79 Å². The summed E-state index contributed by atoms with van der Waals surface area (Å²) in [5, 5.41) is 8.75. The zero-order valence-corrected chi connectivity index (χ0v) is 9.54. The third kappa shape index (κ3) is 3.75. The second kappa shape index (κ2) is 4.48. The minimum absolute atomic E-state index is 0.135. The quantitative estimate of drug-likeness (QED) is 0.621. The molecule has 1 rings (SSSR count). The zero-order valence-electron chi connectivity index (χ0n) is 9.54. The van der Waals surface area contributed by atoms with Gasteiger partial charge < -0.3 is 4.74 Å². The number of allylic oxidation sites excluding steroid dienone is 2. The number of rotatable bonds is 1. The molecule has 0 aromatic rings. The van der Waals surface area contributed by atoms with Crippen LogP contribution in [-0.4, -0.2) is 11.6 Å². The van der Waals surface area contributed by atoms with Gasteiger partial charge in [0, 0.05) is 5.57 Å². The van der Waals surface area contributed by atoms with Gasteiger partial charge in [-0.25, -0.2) is 0 Å². The Kier molecular flexibility index (Phi) is 3.52. The Hall–Kier alpha value is -1.30. The van der Waals surface area contributed by atoms with Crippen molar-refractivity contribution in [1.82, 2.24) is 0 Å². The average Bonchev–Trinajstić information content (AvgIpc) is 2.15. The predicted octanol–water partition coefficient (Wildman–Crippen LogP) is 2.58. The van der Waals surface area contributed by atoms with Gasteiger partial charge in [0.25, 0.3) is 0 Å². The summed E-state index contributed by atoms with van der Waals surface area (Å²) in [7, 11) is 0. The number of ether oxygens (including phenoxy) is 1. The van der Waals surface area contributed by atoms with Crippen LogP contribution < -0.4 is 0 Å². The summed E-state index contributed by atoms with van der Waals surface area (Å²) in [4.78, 5) is 11.7. The standard InChI is InChI=1S/C12H17NO2/c1-12(2,3)15-11(14)10-6-4-5-9(7-10)8-13/h5,10H,4,6-7H2,1-3H3. The van der Waals surface area contributed by atoms with Crippen molar-refractivity contribution in [3.63, 3.8) is 0 Å². The van der Waals surface area contributed by atoms with Crippen molar-refractivity contribution in [2.75, 3.05) is 0 Å². The molecule has 3 nitrogen and oxygen atoms in total. The molecule has 0 aromatic carbocycles. The van der Waals surface area contributed by atoms with Gasteiger partial charge in [0.2, 0.25) is 0 Å². The minimum atomic E-state index is -0.439. The highest BCUT2D eigenvalue weighted by atomic mass is 16.6. The molecule has 0 spiro atoms. The lowest BCUT2D eigenvalue weighted by Crippen LogP contribution is -2.29. The van der Waals surface area contributed by atoms with Crippen LogP contribution >= 0.6 is 0 Å². The van der Waals surface area contributed by atoms with Gasteiger partial charge in [-0.2, -0.15) is 5.26 Å². The van der Waals surface area contributed by atoms with E-state index in [1.807, 2.05) is 26.8 Å². The Labute approximate surface area is 90.7 Å². The normalized spacial score (nSPS) is 21.5. The van der Waals surface area contributed by atoms with E-state index in [1.165, 1.54) is 0 Å². The summed E-state index contributed by atoms with van der Waals surface area (Å²) >= 11 is 0. The van der Waals surface area contributed by atoms with Crippen LogP contribution in [0.25, 0.3) is 0 Å². The van der Waals surface area contributed by atoms with E-state index in [0.29, 0.717) is 12.0 Å². The number of carbonyl (C=O) groups is 1. The third-order valence-corrected chi connectivity index (χ3v) is 2.26. The monoisotopic (exact) mass is 207 g/mol. The molecule has 0 aromatic heterocycles. The molecule has 3 heteroatoms. The summed E-state index contributed by atoms with van der Waals surface area (Å²) in [6.45, 7) is 5.57. The van der Waals surface area contributed by atoms with Gasteiger partial charge in [0.05, 0.1) is 12.0 Å². The molecule has 1 unspecified atom stereocenters. The van der Waals surface area contributed by atoms with Crippen LogP contribution in [0.3, 0.4) is 0 Å². The Morgan fingerprint density at radius 3 is 2.80 bits per heavy atom. The first-order chi connectivity index (χ1) is 6.92. The van der Waals surface area contributed by atoms with Crippen molar-refractivity contribution in [1.29, 1.82) is 5.26 Å². The average molecular weight is 207 g/mol. The highest BCUT2D eigenvalue weighted by Crippen LogP contribution is 2.26. The molecule has 0 fully saturated rings. The van der Waals surface area contributed by atoms with Crippen LogP contribution in [0.2, 0.25) is 0 Å². The zero-order chi connectivity index (χ0) is 11.5. The number of esters is 1. The Morgan fingerprint density at radius 1 is 1.60 bits per heavy atom. The molecule has 0 aliphatic heterocycles. The van der Waals surface area contributed by atoms with Crippen molar-refractivity contribution >= 4 is 5.97 Å². The topological polar surface area (TPSA) is 50.1 Å². The third-order valence-electron chi connectivity index (χ3n) is 2.26. The molecule has 0 saturated heterocycles. The van der Waals surface area contributed by atoms with Gasteiger partial charge >= 0.3 is 5.97 Å². The molecule has 0 radical (unpaired) electrons. The number of hydrogen-bond acceptors (Lipinski definition) is 3. The lowest BCUT2D eigenvalue weighted by molar-refractivity contribution is -0.160. The van der Waals surface area contributed by atoms with Crippen molar-refractivity contribution in [2.24, 2.45) is 5.92 Å². The molecule has 82 valence electrons. The first-order valence-corrected chi connectivity index (χ1v) is 5.24. The van der Waals surface area contributed by atoms with E-state index in [4.69, 9.17) is 10.00 Å². The van der Waals surface area contributed by atoms with E-state index in [-0.39, 0.29) is 11.9 Å². The van der Waals surface area contributed by atoms with Crippen LogP contribution in [0.5, 0.6) is 0 Å². The van der Waals surface area contributed by atoms with E-state index < -0.39 is 5.60 Å². The molecule has 15 heavy (non-hydrogen) atoms. The van der Waals surface area contributed by atoms with E-state index in [0.717, 1.165) is 12.8 Å². The molecule has 0 saturated carbocycles. The van der Waals surface area contributed by atoms with Crippen molar-refractivity contribution < 1.29 is 9.53 Å². The molecule has 0 heterocycles. The maximum absolute atomic E-state index is 11.7. The lowest BCUT2D eigenvalue weighted by atomic mass is 9.89. The summed E-state index contributed by atoms with van der Waals surface area (Å²) < 4.78 is 5.29. The first-order valence-electron chi connectivity index (χ1n) is 5.24. The molecule has 0 N–H and O–H groups in total. The van der Waals surface area contributed by atoms with Gasteiger partial charge in [-0.3, -0.25) is 4.79 Å². The lowest BCUT2D eigenvalue weighted by Gasteiger charge is -2.25. The maximum Gasteiger partial charge on any atom is 0.309 e. The van der Waals surface area contributed by atoms with Crippen molar-refractivity contribution in [3.8, 4) is 6.07 Å². The highest BCUT2D eigenvalue weighted by molar-refractivity contribution is 5.73. The molecule has 1 atom stereocenters. The number of carbonyl (C=O) groups excluding carboxylic acids is 1. The van der Waals surface area contributed by atoms with Crippen LogP contribution in [0.1, 0.15) is 40.0 Å². The highest BCUT2D eigenvalue weighted by Gasteiger charge is 2.27. The summed E-state index contributed by atoms with van der Waals surface area (Å²) in [6, 6.07) is 2.10. The second-order valence-corrected chi connectivity index (χ2v) is 4.85. The Bertz CT molecular complexity index is 317. The van der Waals surface area contributed by atoms with Crippen molar-refractivity contribution in [3.05, 3.63) is 11.6 Å². The predicted molar refractivity (Wildman–Crippen MR) is 56.9 cm³/mol. The molecular weight excluding hydrogens is 190 g/mol. The SMILES string of the molecule is CC(C)(C)OC(=O)C1CCC=C(C#N)C1. The minimum Gasteiger partial charge on any atom is -0.460 e.